The molecule has 3 rings (SSSR count). The summed E-state index contributed by atoms with van der Waals surface area (Å²) in [6, 6.07) is 7.82. The SMILES string of the molecule is CC1CC1C(=O)NNC(=O)Cc1c[nH]c2ccccc12. The predicted molar refractivity (Wildman–Crippen MR) is 75.6 cm³/mol. The highest BCUT2D eigenvalue weighted by Gasteiger charge is 2.39. The lowest BCUT2D eigenvalue weighted by Gasteiger charge is -2.06. The maximum atomic E-state index is 11.8. The van der Waals surface area contributed by atoms with Gasteiger partial charge in [-0.2, -0.15) is 0 Å². The maximum absolute atomic E-state index is 11.8. The van der Waals surface area contributed by atoms with E-state index in [1.807, 2.05) is 37.4 Å². The Morgan fingerprint density at radius 2 is 2.05 bits per heavy atom. The minimum absolute atomic E-state index is 0.0587. The summed E-state index contributed by atoms with van der Waals surface area (Å²) in [5.74, 6) is 0.185. The molecule has 0 radical (unpaired) electrons. The van der Waals surface area contributed by atoms with Gasteiger partial charge in [0.2, 0.25) is 11.8 Å². The molecule has 0 saturated heterocycles. The molecule has 1 fully saturated rings. The molecule has 5 nitrogen and oxygen atoms in total. The number of hydrogen-bond acceptors (Lipinski definition) is 2. The normalized spacial score (nSPS) is 20.6. The van der Waals surface area contributed by atoms with Gasteiger partial charge in [-0.15, -0.1) is 0 Å². The summed E-state index contributed by atoms with van der Waals surface area (Å²) in [5, 5.41) is 1.03. The van der Waals surface area contributed by atoms with Crippen LogP contribution >= 0.6 is 0 Å². The number of carbonyl (C=O) groups is 2. The zero-order valence-electron chi connectivity index (χ0n) is 11.3. The highest BCUT2D eigenvalue weighted by molar-refractivity contribution is 5.90. The number of para-hydroxylation sites is 1. The number of nitrogens with one attached hydrogen (secondary N) is 3. The molecule has 1 saturated carbocycles. The van der Waals surface area contributed by atoms with E-state index < -0.39 is 0 Å². The van der Waals surface area contributed by atoms with Crippen molar-refractivity contribution < 1.29 is 9.59 Å². The molecule has 0 bridgehead atoms. The van der Waals surface area contributed by atoms with E-state index in [0.29, 0.717) is 5.92 Å². The van der Waals surface area contributed by atoms with Gasteiger partial charge in [0, 0.05) is 23.0 Å². The second-order valence-electron chi connectivity index (χ2n) is 5.39. The second kappa shape index (κ2) is 5.00. The van der Waals surface area contributed by atoms with E-state index in [1.54, 1.807) is 0 Å². The number of fused-ring (bicyclic) bond motifs is 1. The number of benzene rings is 1. The van der Waals surface area contributed by atoms with Crippen LogP contribution in [0.2, 0.25) is 0 Å². The number of rotatable bonds is 3. The Morgan fingerprint density at radius 1 is 1.30 bits per heavy atom. The van der Waals surface area contributed by atoms with Crippen LogP contribution in [0.4, 0.5) is 0 Å². The first-order valence-electron chi connectivity index (χ1n) is 6.79. The first-order valence-corrected chi connectivity index (χ1v) is 6.79. The Hall–Kier alpha value is -2.30. The van der Waals surface area contributed by atoms with Crippen molar-refractivity contribution in [1.82, 2.24) is 15.8 Å². The largest absolute Gasteiger partial charge is 0.361 e. The highest BCUT2D eigenvalue weighted by Crippen LogP contribution is 2.37. The molecule has 0 aliphatic heterocycles. The zero-order chi connectivity index (χ0) is 14.1. The van der Waals surface area contributed by atoms with Gasteiger partial charge in [0.05, 0.1) is 6.42 Å². The average molecular weight is 271 g/mol. The summed E-state index contributed by atoms with van der Waals surface area (Å²) in [6.07, 6.45) is 2.98. The Labute approximate surface area is 116 Å². The molecule has 1 aromatic heterocycles. The number of aromatic amines is 1. The fraction of sp³-hybridized carbons (Fsp3) is 0.333. The van der Waals surface area contributed by atoms with Crippen LogP contribution in [0, 0.1) is 11.8 Å². The summed E-state index contributed by atoms with van der Waals surface area (Å²) < 4.78 is 0. The van der Waals surface area contributed by atoms with Crippen molar-refractivity contribution >= 4 is 22.7 Å². The van der Waals surface area contributed by atoms with Crippen molar-refractivity contribution in [2.45, 2.75) is 19.8 Å². The van der Waals surface area contributed by atoms with E-state index >= 15 is 0 Å². The van der Waals surface area contributed by atoms with Crippen LogP contribution in [0.15, 0.2) is 30.5 Å². The second-order valence-corrected chi connectivity index (χ2v) is 5.39. The van der Waals surface area contributed by atoms with E-state index in [4.69, 9.17) is 0 Å². The van der Waals surface area contributed by atoms with Crippen molar-refractivity contribution in [2.75, 3.05) is 0 Å². The average Bonchev–Trinajstić information content (AvgIpc) is 3.05. The van der Waals surface area contributed by atoms with Crippen LogP contribution in [-0.2, 0) is 16.0 Å². The molecule has 1 aliphatic carbocycles. The fourth-order valence-electron chi connectivity index (χ4n) is 2.41. The van der Waals surface area contributed by atoms with Gasteiger partial charge in [-0.25, -0.2) is 0 Å². The van der Waals surface area contributed by atoms with E-state index in [0.717, 1.165) is 22.9 Å². The summed E-state index contributed by atoms with van der Waals surface area (Å²) >= 11 is 0. The number of carbonyl (C=O) groups excluding carboxylic acids is 2. The van der Waals surface area contributed by atoms with Gasteiger partial charge in [-0.05, 0) is 24.0 Å². The minimum atomic E-state index is -0.212. The Balaban J connectivity index is 1.57. The number of H-pyrrole nitrogens is 1. The van der Waals surface area contributed by atoms with Crippen molar-refractivity contribution in [1.29, 1.82) is 0 Å². The molecule has 5 heteroatoms. The number of hydrazine groups is 1. The lowest BCUT2D eigenvalue weighted by molar-refractivity contribution is -0.129. The number of aromatic nitrogens is 1. The van der Waals surface area contributed by atoms with E-state index in [2.05, 4.69) is 15.8 Å². The molecule has 3 N–H and O–H groups in total. The van der Waals surface area contributed by atoms with Crippen molar-refractivity contribution in [3.8, 4) is 0 Å². The van der Waals surface area contributed by atoms with Gasteiger partial charge in [-0.1, -0.05) is 25.1 Å². The van der Waals surface area contributed by atoms with Gasteiger partial charge in [0.25, 0.3) is 0 Å². The highest BCUT2D eigenvalue weighted by atomic mass is 16.2. The van der Waals surface area contributed by atoms with Gasteiger partial charge in [0.1, 0.15) is 0 Å². The minimum Gasteiger partial charge on any atom is -0.361 e. The lowest BCUT2D eigenvalue weighted by Crippen LogP contribution is -2.43. The van der Waals surface area contributed by atoms with Crippen molar-refractivity contribution in [3.63, 3.8) is 0 Å². The van der Waals surface area contributed by atoms with E-state index in [1.165, 1.54) is 0 Å². The number of amides is 2. The van der Waals surface area contributed by atoms with Crippen molar-refractivity contribution in [2.24, 2.45) is 11.8 Å². The molecule has 2 aromatic rings. The molecule has 104 valence electrons. The first kappa shape index (κ1) is 12.7. The van der Waals surface area contributed by atoms with Gasteiger partial charge in [-0.3, -0.25) is 20.4 Å². The molecule has 2 amide bonds. The molecular formula is C15H17N3O2. The molecule has 1 aliphatic rings. The third-order valence-corrected chi connectivity index (χ3v) is 3.80. The molecule has 1 heterocycles. The van der Waals surface area contributed by atoms with Crippen LogP contribution in [0.1, 0.15) is 18.9 Å². The Kier molecular flexibility index (Phi) is 3.18. The van der Waals surface area contributed by atoms with E-state index in [-0.39, 0.29) is 24.2 Å². The van der Waals surface area contributed by atoms with Crippen LogP contribution in [0.3, 0.4) is 0 Å². The van der Waals surface area contributed by atoms with Crippen LogP contribution in [0.25, 0.3) is 10.9 Å². The fourth-order valence-corrected chi connectivity index (χ4v) is 2.41. The van der Waals surface area contributed by atoms with Crippen molar-refractivity contribution in [3.05, 3.63) is 36.0 Å². The third-order valence-electron chi connectivity index (χ3n) is 3.80. The molecule has 0 spiro atoms. The molecule has 1 aromatic carbocycles. The quantitative estimate of drug-likeness (QED) is 0.740. The standard InChI is InChI=1S/C15H17N3O2/c1-9-6-12(9)15(20)18-17-14(19)7-10-8-16-13-5-3-2-4-11(10)13/h2-5,8-9,12,16H,6-7H2,1H3,(H,17,19)(H,18,20). The van der Waals surface area contributed by atoms with Crippen LogP contribution < -0.4 is 10.9 Å². The summed E-state index contributed by atoms with van der Waals surface area (Å²) in [6.45, 7) is 2.03. The van der Waals surface area contributed by atoms with Crippen LogP contribution in [0.5, 0.6) is 0 Å². The van der Waals surface area contributed by atoms with Gasteiger partial charge < -0.3 is 4.98 Å². The molecule has 20 heavy (non-hydrogen) atoms. The summed E-state index contributed by atoms with van der Waals surface area (Å²) in [7, 11) is 0. The lowest BCUT2D eigenvalue weighted by atomic mass is 10.1. The predicted octanol–water partition coefficient (Wildman–Crippen LogP) is 1.51. The smallest absolute Gasteiger partial charge is 0.242 e. The first-order chi connectivity index (χ1) is 9.65. The maximum Gasteiger partial charge on any atom is 0.242 e. The third kappa shape index (κ3) is 2.52. The topological polar surface area (TPSA) is 74.0 Å². The molecule has 2 unspecified atom stereocenters. The summed E-state index contributed by atoms with van der Waals surface area (Å²) in [4.78, 5) is 26.6. The van der Waals surface area contributed by atoms with Gasteiger partial charge >= 0.3 is 0 Å². The zero-order valence-corrected chi connectivity index (χ0v) is 11.3. The van der Waals surface area contributed by atoms with E-state index in [9.17, 15) is 9.59 Å². The number of hydrogen-bond donors (Lipinski definition) is 3. The van der Waals surface area contributed by atoms with Gasteiger partial charge in [0.15, 0.2) is 0 Å². The van der Waals surface area contributed by atoms with Crippen LogP contribution in [-0.4, -0.2) is 16.8 Å². The summed E-state index contributed by atoms with van der Waals surface area (Å²) in [5.41, 5.74) is 6.89. The monoisotopic (exact) mass is 271 g/mol. The molecular weight excluding hydrogens is 254 g/mol. The molecule has 2 atom stereocenters. The Bertz CT molecular complexity index is 662. The Morgan fingerprint density at radius 3 is 2.80 bits per heavy atom.